The average Bonchev–Trinajstić information content (AvgIpc) is 3.47. The molecule has 35 heavy (non-hydrogen) atoms. The van der Waals surface area contributed by atoms with Crippen LogP contribution < -0.4 is 10.6 Å². The summed E-state index contributed by atoms with van der Waals surface area (Å²) in [5, 5.41) is 7.78. The highest BCUT2D eigenvalue weighted by Crippen LogP contribution is 2.41. The molecule has 0 aliphatic carbocycles. The Bertz CT molecular complexity index is 1390. The van der Waals surface area contributed by atoms with E-state index >= 15 is 8.78 Å². The molecule has 4 unspecified atom stereocenters. The molecule has 0 amide bonds. The Morgan fingerprint density at radius 3 is 2.57 bits per heavy atom. The van der Waals surface area contributed by atoms with E-state index in [2.05, 4.69) is 10.6 Å². The second-order valence-electron chi connectivity index (χ2n) is 9.23. The predicted octanol–water partition coefficient (Wildman–Crippen LogP) is 6.35. The molecule has 0 bridgehead atoms. The fourth-order valence-corrected chi connectivity index (χ4v) is 7.86. The van der Waals surface area contributed by atoms with Crippen molar-refractivity contribution >= 4 is 45.5 Å². The average molecular weight is 519 g/mol. The summed E-state index contributed by atoms with van der Waals surface area (Å²) in [6.45, 7) is 4.75. The van der Waals surface area contributed by atoms with E-state index in [-0.39, 0.29) is 43.5 Å². The third kappa shape index (κ3) is 4.37. The van der Waals surface area contributed by atoms with Gasteiger partial charge in [0.1, 0.15) is 11.6 Å². The molecule has 2 aromatic carbocycles. The second kappa shape index (κ2) is 9.42. The molecule has 4 aromatic rings. The zero-order valence-electron chi connectivity index (χ0n) is 19.1. The zero-order chi connectivity index (χ0) is 24.1. The normalized spacial score (nSPS) is 25.5. The van der Waals surface area contributed by atoms with Gasteiger partial charge in [0.2, 0.25) is 0 Å². The van der Waals surface area contributed by atoms with Crippen molar-refractivity contribution in [1.82, 2.24) is 10.6 Å². The third-order valence-corrected chi connectivity index (χ3v) is 9.52. The number of furan rings is 2. The smallest absolute Gasteiger partial charge is 0.173 e. The Labute approximate surface area is 209 Å². The van der Waals surface area contributed by atoms with Crippen molar-refractivity contribution in [3.63, 3.8) is 0 Å². The minimum Gasteiger partial charge on any atom is -0.461 e. The summed E-state index contributed by atoms with van der Waals surface area (Å²) in [7, 11) is 0. The first-order valence-corrected chi connectivity index (χ1v) is 13.6. The van der Waals surface area contributed by atoms with Gasteiger partial charge in [0.25, 0.3) is 0 Å². The molecule has 9 heteroatoms. The number of hydrogen-bond acceptors (Lipinski definition) is 6. The molecule has 0 spiro atoms. The summed E-state index contributed by atoms with van der Waals surface area (Å²) in [4.78, 5) is 0. The van der Waals surface area contributed by atoms with E-state index < -0.39 is 11.6 Å². The molecule has 0 saturated carbocycles. The molecule has 4 nitrogen and oxygen atoms in total. The van der Waals surface area contributed by atoms with Gasteiger partial charge < -0.3 is 19.5 Å². The molecule has 4 atom stereocenters. The van der Waals surface area contributed by atoms with Crippen LogP contribution in [0.1, 0.15) is 34.3 Å². The van der Waals surface area contributed by atoms with Gasteiger partial charge in [-0.15, -0.1) is 23.5 Å². The number of rotatable bonds is 4. The summed E-state index contributed by atoms with van der Waals surface area (Å²) in [6, 6.07) is 8.53. The summed E-state index contributed by atoms with van der Waals surface area (Å²) in [5.41, 5.74) is 1.07. The van der Waals surface area contributed by atoms with Crippen LogP contribution in [0.3, 0.4) is 0 Å². The minimum atomic E-state index is -0.610. The van der Waals surface area contributed by atoms with Crippen molar-refractivity contribution in [1.29, 1.82) is 0 Å². The van der Waals surface area contributed by atoms with Crippen LogP contribution in [0.2, 0.25) is 0 Å². The second-order valence-corrected chi connectivity index (χ2v) is 12.4. The highest BCUT2D eigenvalue weighted by atomic mass is 32.2. The molecule has 2 aliphatic rings. The fourth-order valence-electron chi connectivity index (χ4n) is 5.03. The molecule has 6 rings (SSSR count). The van der Waals surface area contributed by atoms with Crippen LogP contribution in [0.5, 0.6) is 0 Å². The lowest BCUT2D eigenvalue weighted by atomic mass is 10.1. The van der Waals surface area contributed by atoms with Crippen LogP contribution in [-0.2, 0) is 6.42 Å². The number of nitrogens with one attached hydrogen (secondary N) is 2. The lowest BCUT2D eigenvalue weighted by molar-refractivity contribution is 0.491. The first-order chi connectivity index (χ1) is 17.0. The zero-order valence-corrected chi connectivity index (χ0v) is 20.7. The van der Waals surface area contributed by atoms with Gasteiger partial charge in [-0.1, -0.05) is 19.1 Å². The predicted molar refractivity (Wildman–Crippen MR) is 136 cm³/mol. The highest BCUT2D eigenvalue weighted by Gasteiger charge is 2.30. The van der Waals surface area contributed by atoms with E-state index in [1.807, 2.05) is 19.1 Å². The van der Waals surface area contributed by atoms with Crippen LogP contribution in [0.4, 0.5) is 13.2 Å². The van der Waals surface area contributed by atoms with E-state index in [4.69, 9.17) is 8.83 Å². The minimum absolute atomic E-state index is 0.0833. The Morgan fingerprint density at radius 2 is 1.71 bits per heavy atom. The van der Waals surface area contributed by atoms with Gasteiger partial charge in [-0.25, -0.2) is 13.2 Å². The lowest BCUT2D eigenvalue weighted by Gasteiger charge is -2.29. The molecular formula is C26H25F3N2O2S2. The summed E-state index contributed by atoms with van der Waals surface area (Å²) in [6.07, 6.45) is 2.02. The topological polar surface area (TPSA) is 50.3 Å². The van der Waals surface area contributed by atoms with Gasteiger partial charge in [-0.2, -0.15) is 0 Å². The molecule has 2 aliphatic heterocycles. The number of hydrogen-bond donors (Lipinski definition) is 2. The molecule has 4 heterocycles. The maximum absolute atomic E-state index is 15.4. The van der Waals surface area contributed by atoms with Crippen LogP contribution in [0, 0.1) is 17.5 Å². The maximum atomic E-state index is 15.4. The number of benzene rings is 2. The number of thioether (sulfide) groups is 2. The summed E-state index contributed by atoms with van der Waals surface area (Å²) in [5.74, 6) is -0.875. The molecule has 184 valence electrons. The molecule has 0 radical (unpaired) electrons. The van der Waals surface area contributed by atoms with Gasteiger partial charge in [0.15, 0.2) is 22.8 Å². The summed E-state index contributed by atoms with van der Waals surface area (Å²) >= 11 is 3.24. The van der Waals surface area contributed by atoms with Gasteiger partial charge in [-0.05, 0) is 18.2 Å². The highest BCUT2D eigenvalue weighted by molar-refractivity contribution is 8.00. The van der Waals surface area contributed by atoms with E-state index in [1.165, 1.54) is 12.3 Å². The molecule has 2 saturated heterocycles. The molecule has 2 N–H and O–H groups in total. The van der Waals surface area contributed by atoms with E-state index in [0.29, 0.717) is 42.8 Å². The van der Waals surface area contributed by atoms with Crippen LogP contribution in [0.15, 0.2) is 45.4 Å². The van der Waals surface area contributed by atoms with Crippen molar-refractivity contribution < 1.29 is 22.0 Å². The van der Waals surface area contributed by atoms with Crippen molar-refractivity contribution in [3.8, 4) is 0 Å². The monoisotopic (exact) mass is 518 g/mol. The molecular weight excluding hydrogens is 493 g/mol. The van der Waals surface area contributed by atoms with Crippen molar-refractivity contribution in [2.75, 3.05) is 26.2 Å². The van der Waals surface area contributed by atoms with Gasteiger partial charge in [0.05, 0.1) is 6.26 Å². The Morgan fingerprint density at radius 1 is 0.886 bits per heavy atom. The largest absolute Gasteiger partial charge is 0.461 e. The van der Waals surface area contributed by atoms with Crippen molar-refractivity contribution in [3.05, 3.63) is 70.9 Å². The number of fused-ring (bicyclic) bond motifs is 2. The van der Waals surface area contributed by atoms with Crippen molar-refractivity contribution in [2.24, 2.45) is 0 Å². The third-order valence-electron chi connectivity index (χ3n) is 6.69. The van der Waals surface area contributed by atoms with Crippen LogP contribution in [0.25, 0.3) is 21.9 Å². The first kappa shape index (κ1) is 23.3. The van der Waals surface area contributed by atoms with E-state index in [9.17, 15) is 4.39 Å². The van der Waals surface area contributed by atoms with Crippen molar-refractivity contribution in [2.45, 2.75) is 34.3 Å². The van der Waals surface area contributed by atoms with Crippen LogP contribution in [-0.4, -0.2) is 36.7 Å². The fraction of sp³-hybridized carbons (Fsp3) is 0.385. The quantitative estimate of drug-likeness (QED) is 0.328. The maximum Gasteiger partial charge on any atom is 0.173 e. The molecule has 2 aromatic heterocycles. The van der Waals surface area contributed by atoms with Gasteiger partial charge in [-0.3, -0.25) is 0 Å². The summed E-state index contributed by atoms with van der Waals surface area (Å²) < 4.78 is 56.7. The first-order valence-electron chi connectivity index (χ1n) is 11.8. The number of halogens is 3. The van der Waals surface area contributed by atoms with Gasteiger partial charge in [0, 0.05) is 75.5 Å². The Balaban J connectivity index is 1.23. The van der Waals surface area contributed by atoms with E-state index in [1.54, 1.807) is 35.7 Å². The Kier molecular flexibility index (Phi) is 6.28. The molecule has 2 fully saturated rings. The van der Waals surface area contributed by atoms with Crippen LogP contribution >= 0.6 is 23.5 Å². The van der Waals surface area contributed by atoms with Gasteiger partial charge >= 0.3 is 0 Å². The Hall–Kier alpha value is -2.07. The standard InChI is InChI=1S/C26H25F3N2O2S2/c1-13-9-30-12-21(34-13)22-19(27)7-15-6-16(33-26(15)24(22)29)8-17-10-31-11-20(35-17)18-3-2-14-4-5-32-25(14)23(18)28/h2-7,13,17,20-21,30-31H,8-12H2,1H3. The lowest BCUT2D eigenvalue weighted by Crippen LogP contribution is -2.36. The SMILES string of the molecule is CC1CNCC(c2c(F)cc3cc(CC4CNCC(c5ccc6ccoc6c5F)S4)oc3c2F)S1. The van der Waals surface area contributed by atoms with E-state index in [0.717, 1.165) is 11.9 Å².